The fraction of sp³-hybridized carbons (Fsp3) is 0.333. The van der Waals surface area contributed by atoms with Crippen molar-refractivity contribution in [2.75, 3.05) is 13.1 Å². The van der Waals surface area contributed by atoms with E-state index in [0.717, 1.165) is 12.1 Å². The van der Waals surface area contributed by atoms with Gasteiger partial charge in [0, 0.05) is 24.6 Å². The van der Waals surface area contributed by atoms with Crippen molar-refractivity contribution in [1.82, 2.24) is 4.90 Å². The predicted octanol–water partition coefficient (Wildman–Crippen LogP) is 3.26. The Morgan fingerprint density at radius 1 is 1.23 bits per heavy atom. The minimum Gasteiger partial charge on any atom is -0.488 e. The van der Waals surface area contributed by atoms with Crippen LogP contribution in [-0.2, 0) is 6.18 Å². The molecule has 1 amide bonds. The summed E-state index contributed by atoms with van der Waals surface area (Å²) in [4.78, 5) is 25.3. The number of hydrogen-bond acceptors (Lipinski definition) is 4. The van der Waals surface area contributed by atoms with Crippen molar-refractivity contribution in [3.05, 3.63) is 63.7 Å². The first-order valence-corrected chi connectivity index (χ1v) is 7.97. The number of ether oxygens (including phenoxy) is 1. The summed E-state index contributed by atoms with van der Waals surface area (Å²) in [6, 6.07) is 6.94. The summed E-state index contributed by atoms with van der Waals surface area (Å²) in [7, 11) is 0. The molecular formula is C18H16F3NO4. The van der Waals surface area contributed by atoms with Gasteiger partial charge in [0.25, 0.3) is 5.91 Å². The van der Waals surface area contributed by atoms with Gasteiger partial charge in [-0.1, -0.05) is 0 Å². The lowest BCUT2D eigenvalue weighted by atomic mass is 10.1. The maximum atomic E-state index is 12.6. The van der Waals surface area contributed by atoms with Gasteiger partial charge in [-0.15, -0.1) is 0 Å². The number of nitrogens with zero attached hydrogens (tertiary/aromatic N) is 1. The molecule has 3 rings (SSSR count). The Labute approximate surface area is 147 Å². The van der Waals surface area contributed by atoms with Gasteiger partial charge in [0.1, 0.15) is 17.6 Å². The molecule has 0 aliphatic carbocycles. The van der Waals surface area contributed by atoms with Crippen LogP contribution in [0.5, 0.6) is 5.75 Å². The molecule has 8 heteroatoms. The number of hydrogen-bond donors (Lipinski definition) is 0. The van der Waals surface area contributed by atoms with E-state index >= 15 is 0 Å². The molecule has 1 aromatic carbocycles. The summed E-state index contributed by atoms with van der Waals surface area (Å²) in [5, 5.41) is 0. The van der Waals surface area contributed by atoms with Gasteiger partial charge in [-0.2, -0.15) is 13.2 Å². The number of likely N-dealkylation sites (tertiary alicyclic amines) is 1. The molecule has 1 aromatic heterocycles. The highest BCUT2D eigenvalue weighted by Crippen LogP contribution is 2.29. The van der Waals surface area contributed by atoms with E-state index in [1.165, 1.54) is 23.1 Å². The van der Waals surface area contributed by atoms with Crippen LogP contribution in [0.2, 0.25) is 0 Å². The number of amides is 1. The summed E-state index contributed by atoms with van der Waals surface area (Å²) in [5.74, 6) is 0.435. The van der Waals surface area contributed by atoms with Crippen molar-refractivity contribution in [3.63, 3.8) is 0 Å². The molecule has 138 valence electrons. The van der Waals surface area contributed by atoms with E-state index in [-0.39, 0.29) is 17.6 Å². The lowest BCUT2D eigenvalue weighted by Gasteiger charge is -2.17. The summed E-state index contributed by atoms with van der Waals surface area (Å²) in [6.45, 7) is 2.34. The van der Waals surface area contributed by atoms with E-state index in [2.05, 4.69) is 0 Å². The van der Waals surface area contributed by atoms with Crippen LogP contribution in [0.3, 0.4) is 0 Å². The topological polar surface area (TPSA) is 59.8 Å². The average Bonchev–Trinajstić information content (AvgIpc) is 3.01. The van der Waals surface area contributed by atoms with Gasteiger partial charge in [0.05, 0.1) is 18.2 Å². The van der Waals surface area contributed by atoms with Gasteiger partial charge in [-0.3, -0.25) is 4.79 Å². The Bertz CT molecular complexity index is 858. The van der Waals surface area contributed by atoms with Crippen LogP contribution >= 0.6 is 0 Å². The van der Waals surface area contributed by atoms with Gasteiger partial charge >= 0.3 is 11.8 Å². The summed E-state index contributed by atoms with van der Waals surface area (Å²) in [6.07, 6.45) is -4.17. The molecule has 0 spiro atoms. The van der Waals surface area contributed by atoms with Crippen molar-refractivity contribution in [2.24, 2.45) is 0 Å². The first-order chi connectivity index (χ1) is 12.2. The molecule has 1 saturated heterocycles. The number of carbonyl (C=O) groups excluding carboxylic acids is 1. The van der Waals surface area contributed by atoms with Gasteiger partial charge < -0.3 is 14.1 Å². The number of alkyl halides is 3. The molecule has 0 bridgehead atoms. The number of halogens is 3. The summed E-state index contributed by atoms with van der Waals surface area (Å²) >= 11 is 0. The second kappa shape index (κ2) is 6.86. The summed E-state index contributed by atoms with van der Waals surface area (Å²) in [5.41, 5.74) is -1.12. The van der Waals surface area contributed by atoms with E-state index in [0.29, 0.717) is 31.0 Å². The van der Waals surface area contributed by atoms with Crippen LogP contribution in [-0.4, -0.2) is 30.0 Å². The Kier molecular flexibility index (Phi) is 4.76. The number of carbonyl (C=O) groups is 1. The standard InChI is InChI=1S/C18H16F3NO4/c1-11-8-15(9-16(23)25-11)26-14-6-7-22(10-14)17(24)12-2-4-13(5-3-12)18(19,20)21/h2-5,8-9,14H,6-7,10H2,1H3. The highest BCUT2D eigenvalue weighted by molar-refractivity contribution is 5.94. The number of rotatable bonds is 3. The zero-order valence-electron chi connectivity index (χ0n) is 13.9. The molecule has 1 atom stereocenters. The van der Waals surface area contributed by atoms with Gasteiger partial charge in [-0.25, -0.2) is 4.79 Å². The molecule has 5 nitrogen and oxygen atoms in total. The van der Waals surface area contributed by atoms with Gasteiger partial charge in [-0.05, 0) is 31.2 Å². The normalized spacial score (nSPS) is 17.4. The molecule has 26 heavy (non-hydrogen) atoms. The second-order valence-corrected chi connectivity index (χ2v) is 6.08. The quantitative estimate of drug-likeness (QED) is 0.836. The Morgan fingerprint density at radius 2 is 1.92 bits per heavy atom. The van der Waals surface area contributed by atoms with Crippen LogP contribution in [0, 0.1) is 6.92 Å². The Morgan fingerprint density at radius 3 is 2.54 bits per heavy atom. The zero-order valence-corrected chi connectivity index (χ0v) is 13.9. The van der Waals surface area contributed by atoms with Crippen LogP contribution < -0.4 is 10.4 Å². The fourth-order valence-corrected chi connectivity index (χ4v) is 2.83. The molecule has 1 fully saturated rings. The molecule has 1 aliphatic rings. The maximum absolute atomic E-state index is 12.6. The highest BCUT2D eigenvalue weighted by Gasteiger charge is 2.32. The molecule has 0 N–H and O–H groups in total. The van der Waals surface area contributed by atoms with E-state index in [1.54, 1.807) is 13.0 Å². The molecule has 2 aromatic rings. The number of aryl methyl sites for hydroxylation is 1. The minimum absolute atomic E-state index is 0.190. The Hall–Kier alpha value is -2.77. The lowest BCUT2D eigenvalue weighted by Crippen LogP contribution is -2.31. The SMILES string of the molecule is Cc1cc(OC2CCN(C(=O)c3ccc(C(F)(F)F)cc3)C2)cc(=O)o1. The third-order valence-electron chi connectivity index (χ3n) is 4.06. The molecular weight excluding hydrogens is 351 g/mol. The van der Waals surface area contributed by atoms with Crippen LogP contribution in [0.25, 0.3) is 0 Å². The maximum Gasteiger partial charge on any atom is 0.416 e. The van der Waals surface area contributed by atoms with Crippen molar-refractivity contribution in [3.8, 4) is 5.75 Å². The van der Waals surface area contributed by atoms with Crippen LogP contribution in [0.15, 0.2) is 45.6 Å². The van der Waals surface area contributed by atoms with E-state index in [4.69, 9.17) is 9.15 Å². The zero-order chi connectivity index (χ0) is 18.9. The van der Waals surface area contributed by atoms with Crippen molar-refractivity contribution >= 4 is 5.91 Å². The van der Waals surface area contributed by atoms with Gasteiger partial charge in [0.15, 0.2) is 0 Å². The molecule has 0 radical (unpaired) electrons. The van der Waals surface area contributed by atoms with Crippen LogP contribution in [0.4, 0.5) is 13.2 Å². The molecule has 1 aliphatic heterocycles. The smallest absolute Gasteiger partial charge is 0.416 e. The third kappa shape index (κ3) is 4.07. The predicted molar refractivity (Wildman–Crippen MR) is 86.1 cm³/mol. The Balaban J connectivity index is 1.64. The summed E-state index contributed by atoms with van der Waals surface area (Å²) < 4.78 is 48.4. The largest absolute Gasteiger partial charge is 0.488 e. The highest BCUT2D eigenvalue weighted by atomic mass is 19.4. The van der Waals surface area contributed by atoms with Crippen LogP contribution in [0.1, 0.15) is 28.1 Å². The molecule has 0 saturated carbocycles. The van der Waals surface area contributed by atoms with E-state index in [1.807, 2.05) is 0 Å². The average molecular weight is 367 g/mol. The van der Waals surface area contributed by atoms with Crippen molar-refractivity contribution in [2.45, 2.75) is 25.6 Å². The second-order valence-electron chi connectivity index (χ2n) is 6.08. The van der Waals surface area contributed by atoms with Gasteiger partial charge in [0.2, 0.25) is 0 Å². The fourth-order valence-electron chi connectivity index (χ4n) is 2.83. The first kappa shape index (κ1) is 18.0. The third-order valence-corrected chi connectivity index (χ3v) is 4.06. The van der Waals surface area contributed by atoms with Crippen molar-refractivity contribution in [1.29, 1.82) is 0 Å². The lowest BCUT2D eigenvalue weighted by molar-refractivity contribution is -0.137. The monoisotopic (exact) mass is 367 g/mol. The molecule has 1 unspecified atom stereocenters. The minimum atomic E-state index is -4.44. The molecule has 2 heterocycles. The van der Waals surface area contributed by atoms with E-state index < -0.39 is 17.4 Å². The van der Waals surface area contributed by atoms with Crippen molar-refractivity contribution < 1.29 is 27.1 Å². The number of benzene rings is 1. The first-order valence-electron chi connectivity index (χ1n) is 7.97. The van der Waals surface area contributed by atoms with E-state index in [9.17, 15) is 22.8 Å².